The molecule has 2 aromatic rings. The first-order chi connectivity index (χ1) is 11.1. The summed E-state index contributed by atoms with van der Waals surface area (Å²) in [7, 11) is 1.93. The lowest BCUT2D eigenvalue weighted by Gasteiger charge is -2.43. The van der Waals surface area contributed by atoms with Crippen LogP contribution in [0.2, 0.25) is 0 Å². The smallest absolute Gasteiger partial charge is 0.0803 e. The lowest BCUT2D eigenvalue weighted by molar-refractivity contribution is 0.156. The molecule has 0 unspecified atom stereocenters. The Morgan fingerprint density at radius 3 is 2.30 bits per heavy atom. The highest BCUT2D eigenvalue weighted by atomic mass is 32.1. The molecule has 1 aliphatic heterocycles. The summed E-state index contributed by atoms with van der Waals surface area (Å²) in [5, 5.41) is 1.81. The summed E-state index contributed by atoms with van der Waals surface area (Å²) in [6, 6.07) is 21.7. The first-order valence-electron chi connectivity index (χ1n) is 8.01. The van der Waals surface area contributed by atoms with Gasteiger partial charge in [-0.15, -0.1) is 0 Å². The van der Waals surface area contributed by atoms with Crippen molar-refractivity contribution >= 4 is 17.2 Å². The van der Waals surface area contributed by atoms with Crippen LogP contribution < -0.4 is 5.84 Å². The molecule has 0 amide bonds. The van der Waals surface area contributed by atoms with Gasteiger partial charge in [0.05, 0.1) is 11.0 Å². The number of hydrogen-bond acceptors (Lipinski definition) is 3. The molecule has 1 aliphatic rings. The fraction of sp³-hybridized carbons (Fsp3) is 0.316. The molecule has 0 spiro atoms. The number of benzene rings is 2. The number of piperidine rings is 1. The van der Waals surface area contributed by atoms with Crippen molar-refractivity contribution < 1.29 is 0 Å². The Bertz CT molecular complexity index is 642. The molecule has 1 heterocycles. The van der Waals surface area contributed by atoms with Crippen molar-refractivity contribution in [3.63, 3.8) is 0 Å². The van der Waals surface area contributed by atoms with Gasteiger partial charge in [-0.3, -0.25) is 5.84 Å². The Hall–Kier alpha value is -1.75. The van der Waals surface area contributed by atoms with E-state index in [1.165, 1.54) is 11.1 Å². The summed E-state index contributed by atoms with van der Waals surface area (Å²) >= 11 is 5.74. The summed E-state index contributed by atoms with van der Waals surface area (Å²) < 4.78 is 0. The van der Waals surface area contributed by atoms with Gasteiger partial charge in [0.25, 0.3) is 0 Å². The van der Waals surface area contributed by atoms with Crippen LogP contribution in [0, 0.1) is 0 Å². The SMILES string of the molecule is CN(N)[C@@H]1CC(=S)N(Cc2ccccc2)[C@@H](c2ccccc2)C1. The molecule has 0 saturated carbocycles. The lowest BCUT2D eigenvalue weighted by atomic mass is 9.91. The van der Waals surface area contributed by atoms with Gasteiger partial charge in [-0.25, -0.2) is 5.01 Å². The van der Waals surface area contributed by atoms with Crippen molar-refractivity contribution in [3.8, 4) is 0 Å². The average molecular weight is 325 g/mol. The Kier molecular flexibility index (Phi) is 5.06. The van der Waals surface area contributed by atoms with Crippen molar-refractivity contribution in [1.29, 1.82) is 0 Å². The van der Waals surface area contributed by atoms with Crippen LogP contribution >= 0.6 is 12.2 Å². The van der Waals surface area contributed by atoms with E-state index in [1.807, 2.05) is 18.1 Å². The molecule has 1 saturated heterocycles. The number of thiocarbonyl (C=S) groups is 1. The van der Waals surface area contributed by atoms with Crippen LogP contribution in [0.15, 0.2) is 60.7 Å². The fourth-order valence-corrected chi connectivity index (χ4v) is 3.63. The van der Waals surface area contributed by atoms with E-state index in [2.05, 4.69) is 59.5 Å². The van der Waals surface area contributed by atoms with E-state index in [0.717, 1.165) is 24.4 Å². The third-order valence-corrected chi connectivity index (χ3v) is 4.96. The van der Waals surface area contributed by atoms with Gasteiger partial charge in [0, 0.05) is 26.1 Å². The Morgan fingerprint density at radius 1 is 1.09 bits per heavy atom. The van der Waals surface area contributed by atoms with Gasteiger partial charge in [0.1, 0.15) is 0 Å². The van der Waals surface area contributed by atoms with E-state index >= 15 is 0 Å². The van der Waals surface area contributed by atoms with E-state index in [4.69, 9.17) is 18.1 Å². The highest BCUT2D eigenvalue weighted by Crippen LogP contribution is 2.34. The maximum atomic E-state index is 6.02. The topological polar surface area (TPSA) is 32.5 Å². The predicted molar refractivity (Wildman–Crippen MR) is 98.7 cm³/mol. The summed E-state index contributed by atoms with van der Waals surface area (Å²) in [6.45, 7) is 0.847. The van der Waals surface area contributed by atoms with Gasteiger partial charge >= 0.3 is 0 Å². The van der Waals surface area contributed by atoms with Gasteiger partial charge in [-0.1, -0.05) is 72.9 Å². The normalized spacial score (nSPS) is 21.7. The van der Waals surface area contributed by atoms with Crippen LogP contribution in [-0.2, 0) is 6.54 Å². The highest BCUT2D eigenvalue weighted by molar-refractivity contribution is 7.80. The highest BCUT2D eigenvalue weighted by Gasteiger charge is 2.33. The minimum Gasteiger partial charge on any atom is -0.355 e. The van der Waals surface area contributed by atoms with Gasteiger partial charge in [-0.2, -0.15) is 0 Å². The van der Waals surface area contributed by atoms with Crippen molar-refractivity contribution in [2.24, 2.45) is 5.84 Å². The third-order valence-electron chi connectivity index (χ3n) is 4.56. The molecule has 0 bridgehead atoms. The zero-order valence-corrected chi connectivity index (χ0v) is 14.2. The molecule has 3 nitrogen and oxygen atoms in total. The number of likely N-dealkylation sites (tertiary alicyclic amines) is 1. The second-order valence-electron chi connectivity index (χ2n) is 6.19. The minimum absolute atomic E-state index is 0.272. The molecule has 2 atom stereocenters. The van der Waals surface area contributed by atoms with E-state index in [1.54, 1.807) is 0 Å². The van der Waals surface area contributed by atoms with Gasteiger partial charge < -0.3 is 4.90 Å². The maximum absolute atomic E-state index is 6.02. The van der Waals surface area contributed by atoms with Crippen molar-refractivity contribution in [2.45, 2.75) is 31.5 Å². The minimum atomic E-state index is 0.272. The standard InChI is InChI=1S/C19H23N3S/c1-21(20)17-12-18(16-10-6-3-7-11-16)22(19(23)13-17)14-15-8-4-2-5-9-15/h2-11,17-18H,12-14,20H2,1H3/t17-,18+/m0/s1. The van der Waals surface area contributed by atoms with E-state index in [0.29, 0.717) is 6.04 Å². The number of hydrogen-bond donors (Lipinski definition) is 1. The summed E-state index contributed by atoms with van der Waals surface area (Å²) in [5.74, 6) is 6.02. The summed E-state index contributed by atoms with van der Waals surface area (Å²) in [5.41, 5.74) is 2.59. The predicted octanol–water partition coefficient (Wildman–Crippen LogP) is 3.53. The van der Waals surface area contributed by atoms with Crippen molar-refractivity contribution in [2.75, 3.05) is 7.05 Å². The zero-order chi connectivity index (χ0) is 16.2. The Labute approximate surface area is 143 Å². The second-order valence-corrected chi connectivity index (χ2v) is 6.66. The molecule has 1 fully saturated rings. The van der Waals surface area contributed by atoms with Crippen LogP contribution in [-0.4, -0.2) is 28.0 Å². The molecule has 0 radical (unpaired) electrons. The van der Waals surface area contributed by atoms with Gasteiger partial charge in [0.2, 0.25) is 0 Å². The summed E-state index contributed by atoms with van der Waals surface area (Å²) in [6.07, 6.45) is 1.84. The number of hydrazine groups is 1. The van der Waals surface area contributed by atoms with Crippen molar-refractivity contribution in [1.82, 2.24) is 9.91 Å². The van der Waals surface area contributed by atoms with Crippen LogP contribution in [0.4, 0.5) is 0 Å². The molecule has 2 N–H and O–H groups in total. The fourth-order valence-electron chi connectivity index (χ4n) is 3.24. The number of rotatable bonds is 4. The zero-order valence-electron chi connectivity index (χ0n) is 13.4. The van der Waals surface area contributed by atoms with E-state index < -0.39 is 0 Å². The molecule has 2 aromatic carbocycles. The second kappa shape index (κ2) is 7.21. The molecule has 0 aromatic heterocycles. The molecule has 3 rings (SSSR count). The molecule has 120 valence electrons. The maximum Gasteiger partial charge on any atom is 0.0803 e. The summed E-state index contributed by atoms with van der Waals surface area (Å²) in [4.78, 5) is 3.36. The first-order valence-corrected chi connectivity index (χ1v) is 8.42. The molecule has 0 aliphatic carbocycles. The quantitative estimate of drug-likeness (QED) is 0.529. The number of nitrogens with two attached hydrogens (primary N) is 1. The Morgan fingerprint density at radius 2 is 1.70 bits per heavy atom. The van der Waals surface area contributed by atoms with Crippen molar-refractivity contribution in [3.05, 3.63) is 71.8 Å². The molecular formula is C19H23N3S. The molecule has 23 heavy (non-hydrogen) atoms. The third kappa shape index (κ3) is 3.78. The van der Waals surface area contributed by atoms with E-state index in [-0.39, 0.29) is 6.04 Å². The van der Waals surface area contributed by atoms with Crippen LogP contribution in [0.25, 0.3) is 0 Å². The molecular weight excluding hydrogens is 302 g/mol. The Balaban J connectivity index is 1.89. The lowest BCUT2D eigenvalue weighted by Crippen LogP contribution is -2.49. The monoisotopic (exact) mass is 325 g/mol. The largest absolute Gasteiger partial charge is 0.355 e. The van der Waals surface area contributed by atoms with Crippen LogP contribution in [0.5, 0.6) is 0 Å². The molecule has 4 heteroatoms. The number of nitrogens with zero attached hydrogens (tertiary/aromatic N) is 2. The van der Waals surface area contributed by atoms with Crippen LogP contribution in [0.1, 0.15) is 30.0 Å². The average Bonchev–Trinajstić information content (AvgIpc) is 2.58. The van der Waals surface area contributed by atoms with Gasteiger partial charge in [0.15, 0.2) is 0 Å². The first kappa shape index (κ1) is 16.1. The van der Waals surface area contributed by atoms with E-state index in [9.17, 15) is 0 Å². The van der Waals surface area contributed by atoms with Crippen LogP contribution in [0.3, 0.4) is 0 Å². The van der Waals surface area contributed by atoms with Gasteiger partial charge in [-0.05, 0) is 17.5 Å².